The van der Waals surface area contributed by atoms with Crippen LogP contribution >= 0.6 is 0 Å². The van der Waals surface area contributed by atoms with E-state index in [1.165, 1.54) is 19.3 Å². The molecule has 0 radical (unpaired) electrons. The average Bonchev–Trinajstić information content (AvgIpc) is 2.86. The van der Waals surface area contributed by atoms with Crippen molar-refractivity contribution in [3.8, 4) is 0 Å². The number of hydrogen-bond donors (Lipinski definition) is 1. The third-order valence-corrected chi connectivity index (χ3v) is 3.29. The van der Waals surface area contributed by atoms with Crippen molar-refractivity contribution in [2.45, 2.75) is 59.1 Å². The van der Waals surface area contributed by atoms with E-state index in [-0.39, 0.29) is 5.41 Å². The van der Waals surface area contributed by atoms with Crippen LogP contribution in [0.5, 0.6) is 0 Å². The molecular formula is C13H27NO. The van der Waals surface area contributed by atoms with Gasteiger partial charge >= 0.3 is 0 Å². The summed E-state index contributed by atoms with van der Waals surface area (Å²) in [7, 11) is 1.81. The summed E-state index contributed by atoms with van der Waals surface area (Å²) in [6.07, 6.45) is 4.53. The fourth-order valence-corrected chi connectivity index (χ4v) is 1.99. The summed E-state index contributed by atoms with van der Waals surface area (Å²) in [5.74, 6) is 1.00. The minimum absolute atomic E-state index is 0.223. The zero-order valence-electron chi connectivity index (χ0n) is 11.0. The molecule has 0 aromatic carbocycles. The molecule has 2 heteroatoms. The van der Waals surface area contributed by atoms with Gasteiger partial charge in [-0.05, 0) is 24.7 Å². The lowest BCUT2D eigenvalue weighted by molar-refractivity contribution is 0.0157. The lowest BCUT2D eigenvalue weighted by Crippen LogP contribution is -2.41. The van der Waals surface area contributed by atoms with E-state index < -0.39 is 0 Å². The molecule has 2 unspecified atom stereocenters. The van der Waals surface area contributed by atoms with Crippen LogP contribution in [0.15, 0.2) is 0 Å². The molecule has 1 aliphatic rings. The number of methoxy groups -OCH3 is 1. The zero-order chi connectivity index (χ0) is 11.5. The Hall–Kier alpha value is -0.0800. The van der Waals surface area contributed by atoms with Gasteiger partial charge in [-0.15, -0.1) is 0 Å². The van der Waals surface area contributed by atoms with Crippen LogP contribution in [0, 0.1) is 11.3 Å². The van der Waals surface area contributed by atoms with Crippen molar-refractivity contribution in [3.63, 3.8) is 0 Å². The van der Waals surface area contributed by atoms with Gasteiger partial charge in [-0.25, -0.2) is 0 Å². The summed E-state index contributed by atoms with van der Waals surface area (Å²) >= 11 is 0. The molecule has 0 bridgehead atoms. The molecule has 15 heavy (non-hydrogen) atoms. The number of nitrogens with one attached hydrogen (secondary N) is 1. The van der Waals surface area contributed by atoms with Crippen molar-refractivity contribution in [2.75, 3.05) is 13.7 Å². The third kappa shape index (κ3) is 4.98. The van der Waals surface area contributed by atoms with E-state index in [2.05, 4.69) is 33.0 Å². The summed E-state index contributed by atoms with van der Waals surface area (Å²) in [5, 5.41) is 3.59. The van der Waals surface area contributed by atoms with Gasteiger partial charge in [-0.3, -0.25) is 0 Å². The van der Waals surface area contributed by atoms with Gasteiger partial charge in [0.25, 0.3) is 0 Å². The molecule has 1 fully saturated rings. The second-order valence-electron chi connectivity index (χ2n) is 6.08. The predicted molar refractivity (Wildman–Crippen MR) is 65.1 cm³/mol. The van der Waals surface area contributed by atoms with Gasteiger partial charge in [-0.1, -0.05) is 33.6 Å². The molecule has 2 nitrogen and oxygen atoms in total. The first-order chi connectivity index (χ1) is 6.93. The highest BCUT2D eigenvalue weighted by atomic mass is 16.5. The summed E-state index contributed by atoms with van der Waals surface area (Å²) < 4.78 is 5.52. The van der Waals surface area contributed by atoms with Crippen molar-refractivity contribution in [1.82, 2.24) is 5.32 Å². The van der Waals surface area contributed by atoms with Crippen molar-refractivity contribution < 1.29 is 4.74 Å². The summed E-state index contributed by atoms with van der Waals surface area (Å²) in [6, 6.07) is 0.637. The first-order valence-electron chi connectivity index (χ1n) is 6.19. The van der Waals surface area contributed by atoms with E-state index in [0.29, 0.717) is 12.1 Å². The van der Waals surface area contributed by atoms with Crippen LogP contribution in [0.25, 0.3) is 0 Å². The van der Waals surface area contributed by atoms with Gasteiger partial charge in [-0.2, -0.15) is 0 Å². The molecule has 0 spiro atoms. The van der Waals surface area contributed by atoms with E-state index in [0.717, 1.165) is 12.5 Å². The van der Waals surface area contributed by atoms with Crippen LogP contribution in [0.2, 0.25) is 0 Å². The molecule has 0 amide bonds. The highest BCUT2D eigenvalue weighted by molar-refractivity contribution is 4.81. The second-order valence-corrected chi connectivity index (χ2v) is 6.08. The molecule has 1 aliphatic carbocycles. The lowest BCUT2D eigenvalue weighted by Gasteiger charge is -2.30. The Balaban J connectivity index is 2.20. The van der Waals surface area contributed by atoms with Gasteiger partial charge in [0.05, 0.1) is 6.10 Å². The van der Waals surface area contributed by atoms with Gasteiger partial charge < -0.3 is 10.1 Å². The highest BCUT2D eigenvalue weighted by Gasteiger charge is 2.26. The van der Waals surface area contributed by atoms with E-state index in [1.807, 2.05) is 7.11 Å². The molecule has 0 heterocycles. The lowest BCUT2D eigenvalue weighted by atomic mass is 9.89. The molecule has 1 rings (SSSR count). The number of rotatable bonds is 6. The fourth-order valence-electron chi connectivity index (χ4n) is 1.99. The molecule has 1 N–H and O–H groups in total. The van der Waals surface area contributed by atoms with Crippen molar-refractivity contribution in [1.29, 1.82) is 0 Å². The smallest absolute Gasteiger partial charge is 0.0743 e. The van der Waals surface area contributed by atoms with Crippen LogP contribution in [-0.4, -0.2) is 25.8 Å². The maximum absolute atomic E-state index is 5.52. The Morgan fingerprint density at radius 2 is 1.93 bits per heavy atom. The van der Waals surface area contributed by atoms with Crippen molar-refractivity contribution in [2.24, 2.45) is 11.3 Å². The molecule has 0 saturated heterocycles. The Morgan fingerprint density at radius 1 is 1.33 bits per heavy atom. The van der Waals surface area contributed by atoms with Gasteiger partial charge in [0, 0.05) is 19.7 Å². The summed E-state index contributed by atoms with van der Waals surface area (Å²) in [5.41, 5.74) is 0.223. The zero-order valence-corrected chi connectivity index (χ0v) is 11.0. The molecule has 2 atom stereocenters. The summed E-state index contributed by atoms with van der Waals surface area (Å²) in [4.78, 5) is 0. The highest BCUT2D eigenvalue weighted by Crippen LogP contribution is 2.33. The Morgan fingerprint density at radius 3 is 2.33 bits per heavy atom. The Kier molecular flexibility index (Phi) is 4.60. The monoisotopic (exact) mass is 213 g/mol. The van der Waals surface area contributed by atoms with Gasteiger partial charge in [0.1, 0.15) is 0 Å². The average molecular weight is 213 g/mol. The number of hydrogen-bond acceptors (Lipinski definition) is 2. The maximum Gasteiger partial charge on any atom is 0.0743 e. The molecule has 0 aromatic heterocycles. The summed E-state index contributed by atoms with van der Waals surface area (Å²) in [6.45, 7) is 9.94. The van der Waals surface area contributed by atoms with Gasteiger partial charge in [0.15, 0.2) is 0 Å². The predicted octanol–water partition coefficient (Wildman–Crippen LogP) is 2.83. The first kappa shape index (κ1) is 13.0. The van der Waals surface area contributed by atoms with Crippen molar-refractivity contribution in [3.05, 3.63) is 0 Å². The topological polar surface area (TPSA) is 21.3 Å². The molecule has 90 valence electrons. The molecule has 0 aromatic rings. The quantitative estimate of drug-likeness (QED) is 0.732. The van der Waals surface area contributed by atoms with E-state index in [4.69, 9.17) is 4.74 Å². The SMILES string of the molecule is COC(CNC(C)CC1CC1)C(C)(C)C. The molecule has 1 saturated carbocycles. The van der Waals surface area contributed by atoms with E-state index in [1.54, 1.807) is 0 Å². The van der Waals surface area contributed by atoms with Crippen LogP contribution in [0.3, 0.4) is 0 Å². The van der Waals surface area contributed by atoms with E-state index >= 15 is 0 Å². The largest absolute Gasteiger partial charge is 0.380 e. The minimum Gasteiger partial charge on any atom is -0.380 e. The van der Waals surface area contributed by atoms with Gasteiger partial charge in [0.2, 0.25) is 0 Å². The maximum atomic E-state index is 5.52. The minimum atomic E-state index is 0.223. The van der Waals surface area contributed by atoms with Crippen LogP contribution in [0.1, 0.15) is 47.0 Å². The van der Waals surface area contributed by atoms with Crippen molar-refractivity contribution >= 4 is 0 Å². The molecule has 0 aliphatic heterocycles. The second kappa shape index (κ2) is 5.31. The standard InChI is InChI=1S/C13H27NO/c1-10(8-11-6-7-11)14-9-12(15-5)13(2,3)4/h10-12,14H,6-9H2,1-5H3. The first-order valence-corrected chi connectivity index (χ1v) is 6.19. The normalized spacial score (nSPS) is 21.4. The third-order valence-electron chi connectivity index (χ3n) is 3.29. The van der Waals surface area contributed by atoms with Crippen LogP contribution in [0.4, 0.5) is 0 Å². The molecular weight excluding hydrogens is 186 g/mol. The Bertz CT molecular complexity index is 181. The van der Waals surface area contributed by atoms with Crippen LogP contribution < -0.4 is 5.32 Å². The van der Waals surface area contributed by atoms with E-state index in [9.17, 15) is 0 Å². The number of ether oxygens (including phenoxy) is 1. The van der Waals surface area contributed by atoms with Crippen LogP contribution in [-0.2, 0) is 4.74 Å². The fraction of sp³-hybridized carbons (Fsp3) is 1.00. The Labute approximate surface area is 94.8 Å².